The second kappa shape index (κ2) is 7.55. The molecule has 2 aliphatic rings. The van der Waals surface area contributed by atoms with Crippen LogP contribution in [0.15, 0.2) is 28.9 Å². The summed E-state index contributed by atoms with van der Waals surface area (Å²) < 4.78 is 41.3. The molecule has 0 aliphatic carbocycles. The number of hydrogen-bond donors (Lipinski definition) is 3. The van der Waals surface area contributed by atoms with Crippen molar-refractivity contribution in [1.82, 2.24) is 34.9 Å². The number of nitrogens with one attached hydrogen (secondary N) is 3. The average Bonchev–Trinajstić information content (AvgIpc) is 3.47. The fourth-order valence-corrected chi connectivity index (χ4v) is 4.89. The first kappa shape index (κ1) is 20.7. The van der Waals surface area contributed by atoms with Gasteiger partial charge >= 0.3 is 6.18 Å². The Morgan fingerprint density at radius 2 is 1.91 bits per heavy atom. The van der Waals surface area contributed by atoms with Crippen LogP contribution in [0.1, 0.15) is 24.2 Å². The van der Waals surface area contributed by atoms with Crippen molar-refractivity contribution in [3.8, 4) is 0 Å². The summed E-state index contributed by atoms with van der Waals surface area (Å²) in [6.45, 7) is 1.90. The van der Waals surface area contributed by atoms with E-state index >= 15 is 0 Å². The number of fused-ring (bicyclic) bond motifs is 4. The second-order valence-electron chi connectivity index (χ2n) is 8.38. The van der Waals surface area contributed by atoms with Gasteiger partial charge in [0.25, 0.3) is 0 Å². The van der Waals surface area contributed by atoms with Crippen molar-refractivity contribution in [2.24, 2.45) is 0 Å². The van der Waals surface area contributed by atoms with Gasteiger partial charge in [0.15, 0.2) is 5.65 Å². The van der Waals surface area contributed by atoms with Gasteiger partial charge in [0.2, 0.25) is 11.9 Å². The fraction of sp³-hybridized carbons (Fsp3) is 0.400. The van der Waals surface area contributed by atoms with Crippen LogP contribution in [0, 0.1) is 0 Å². The Labute approximate surface area is 193 Å². The van der Waals surface area contributed by atoms with E-state index < -0.39 is 11.7 Å². The highest BCUT2D eigenvalue weighted by Crippen LogP contribution is 2.31. The summed E-state index contributed by atoms with van der Waals surface area (Å²) >= 11 is 3.49. The van der Waals surface area contributed by atoms with Gasteiger partial charge in [-0.3, -0.25) is 0 Å². The quantitative estimate of drug-likeness (QED) is 0.378. The maximum atomic E-state index is 13.0. The van der Waals surface area contributed by atoms with E-state index in [2.05, 4.69) is 46.5 Å². The highest BCUT2D eigenvalue weighted by molar-refractivity contribution is 9.10. The minimum absolute atomic E-state index is 0.228. The summed E-state index contributed by atoms with van der Waals surface area (Å²) in [5.41, 5.74) is 0.708. The monoisotopic (exact) mass is 521 g/mol. The zero-order chi connectivity index (χ0) is 22.7. The predicted molar refractivity (Wildman–Crippen MR) is 119 cm³/mol. The van der Waals surface area contributed by atoms with Crippen LogP contribution in [-0.4, -0.2) is 54.7 Å². The number of alkyl halides is 3. The topological polar surface area (TPSA) is 99.1 Å². The zero-order valence-electron chi connectivity index (χ0n) is 17.2. The number of imidazole rings is 1. The fourth-order valence-electron chi connectivity index (χ4n) is 4.54. The van der Waals surface area contributed by atoms with Crippen molar-refractivity contribution in [1.29, 1.82) is 0 Å². The van der Waals surface area contributed by atoms with Crippen LogP contribution in [0.5, 0.6) is 0 Å². The molecule has 3 aromatic heterocycles. The SMILES string of the molecule is FC(F)(F)c1ccc2nc(CNc3nc(N4CC5CCC(C4)N5)nc4c(Br)cnn34)[nH]c2c1. The summed E-state index contributed by atoms with van der Waals surface area (Å²) in [5, 5.41) is 11.1. The van der Waals surface area contributed by atoms with Crippen molar-refractivity contribution < 1.29 is 13.2 Å². The van der Waals surface area contributed by atoms with E-state index in [9.17, 15) is 13.2 Å². The van der Waals surface area contributed by atoms with Crippen molar-refractivity contribution in [3.05, 3.63) is 40.3 Å². The molecule has 0 saturated carbocycles. The molecule has 4 aromatic rings. The lowest BCUT2D eigenvalue weighted by Gasteiger charge is -2.33. The number of halogens is 4. The molecule has 13 heteroatoms. The first-order chi connectivity index (χ1) is 15.8. The lowest BCUT2D eigenvalue weighted by molar-refractivity contribution is -0.137. The summed E-state index contributed by atoms with van der Waals surface area (Å²) in [6, 6.07) is 4.33. The first-order valence-corrected chi connectivity index (χ1v) is 11.3. The molecule has 0 radical (unpaired) electrons. The number of anilines is 2. The molecule has 1 aromatic carbocycles. The number of aromatic nitrogens is 6. The molecular formula is C20H19BrF3N9. The third kappa shape index (κ3) is 3.78. The predicted octanol–water partition coefficient (Wildman–Crippen LogP) is 3.33. The zero-order valence-corrected chi connectivity index (χ0v) is 18.8. The molecule has 2 atom stereocenters. The van der Waals surface area contributed by atoms with Crippen molar-refractivity contribution in [3.63, 3.8) is 0 Å². The molecule has 2 unspecified atom stereocenters. The molecule has 33 heavy (non-hydrogen) atoms. The van der Waals surface area contributed by atoms with Gasteiger partial charge in [-0.25, -0.2) is 4.98 Å². The number of nitrogens with zero attached hydrogens (tertiary/aromatic N) is 6. The normalized spacial score (nSPS) is 20.8. The number of rotatable bonds is 4. The Kier molecular flexibility index (Phi) is 4.73. The number of benzene rings is 1. The summed E-state index contributed by atoms with van der Waals surface area (Å²) in [7, 11) is 0. The van der Waals surface area contributed by atoms with E-state index in [-0.39, 0.29) is 6.54 Å². The summed E-state index contributed by atoms with van der Waals surface area (Å²) in [5.74, 6) is 1.58. The molecule has 5 heterocycles. The lowest BCUT2D eigenvalue weighted by Crippen LogP contribution is -2.51. The highest BCUT2D eigenvalue weighted by atomic mass is 79.9. The van der Waals surface area contributed by atoms with E-state index in [1.165, 1.54) is 6.07 Å². The standard InChI is InChI=1S/C20H19BrF3N9/c21-13-6-26-33-17(13)30-19(32-8-11-2-3-12(9-32)27-11)31-18(33)25-7-16-28-14-4-1-10(20(22,23)24)5-15(14)29-16/h1,4-6,11-12,27H,2-3,7-9H2,(H,28,29)(H,25,30,31). The minimum Gasteiger partial charge on any atom is -0.347 e. The van der Waals surface area contributed by atoms with Gasteiger partial charge in [-0.2, -0.15) is 32.8 Å². The molecule has 2 bridgehead atoms. The Hall–Kier alpha value is -2.93. The molecular weight excluding hydrogens is 503 g/mol. The van der Waals surface area contributed by atoms with Crippen LogP contribution in [-0.2, 0) is 12.7 Å². The van der Waals surface area contributed by atoms with Gasteiger partial charge in [0.05, 0.1) is 33.8 Å². The molecule has 0 amide bonds. The number of H-pyrrole nitrogens is 1. The molecule has 2 fully saturated rings. The maximum absolute atomic E-state index is 13.0. The minimum atomic E-state index is -4.41. The Balaban J connectivity index is 1.29. The molecule has 0 spiro atoms. The van der Waals surface area contributed by atoms with E-state index in [0.29, 0.717) is 46.5 Å². The number of hydrogen-bond acceptors (Lipinski definition) is 7. The van der Waals surface area contributed by atoms with Crippen molar-refractivity contribution >= 4 is 44.5 Å². The van der Waals surface area contributed by atoms with Crippen LogP contribution in [0.2, 0.25) is 0 Å². The van der Waals surface area contributed by atoms with E-state index in [1.54, 1.807) is 10.7 Å². The molecule has 6 rings (SSSR count). The van der Waals surface area contributed by atoms with E-state index in [1.807, 2.05) is 0 Å². The number of aromatic amines is 1. The lowest BCUT2D eigenvalue weighted by atomic mass is 10.2. The number of piperazine rings is 1. The van der Waals surface area contributed by atoms with Gasteiger partial charge < -0.3 is 20.5 Å². The largest absolute Gasteiger partial charge is 0.416 e. The van der Waals surface area contributed by atoms with Crippen LogP contribution in [0.4, 0.5) is 25.1 Å². The molecule has 3 N–H and O–H groups in total. The third-order valence-electron chi connectivity index (χ3n) is 6.08. The molecule has 2 saturated heterocycles. The molecule has 9 nitrogen and oxygen atoms in total. The van der Waals surface area contributed by atoms with Gasteiger partial charge in [0.1, 0.15) is 5.82 Å². The van der Waals surface area contributed by atoms with Gasteiger partial charge in [-0.05, 0) is 47.0 Å². The Bertz CT molecular complexity index is 1340. The van der Waals surface area contributed by atoms with Gasteiger partial charge in [-0.15, -0.1) is 0 Å². The van der Waals surface area contributed by atoms with Crippen LogP contribution < -0.4 is 15.5 Å². The van der Waals surface area contributed by atoms with E-state index in [4.69, 9.17) is 9.97 Å². The smallest absolute Gasteiger partial charge is 0.347 e. The van der Waals surface area contributed by atoms with E-state index in [0.717, 1.165) is 42.5 Å². The summed E-state index contributed by atoms with van der Waals surface area (Å²) in [6.07, 6.45) is -0.460. The van der Waals surface area contributed by atoms with Crippen molar-refractivity contribution in [2.75, 3.05) is 23.3 Å². The van der Waals surface area contributed by atoms with Crippen LogP contribution >= 0.6 is 15.9 Å². The third-order valence-corrected chi connectivity index (χ3v) is 6.64. The maximum Gasteiger partial charge on any atom is 0.416 e. The highest BCUT2D eigenvalue weighted by Gasteiger charge is 2.34. The van der Waals surface area contributed by atoms with Crippen molar-refractivity contribution in [2.45, 2.75) is 37.6 Å². The average molecular weight is 522 g/mol. The Morgan fingerprint density at radius 1 is 1.12 bits per heavy atom. The molecule has 172 valence electrons. The first-order valence-electron chi connectivity index (χ1n) is 10.6. The van der Waals surface area contributed by atoms with Gasteiger partial charge in [0, 0.05) is 25.2 Å². The van der Waals surface area contributed by atoms with Crippen LogP contribution in [0.3, 0.4) is 0 Å². The Morgan fingerprint density at radius 3 is 2.67 bits per heavy atom. The summed E-state index contributed by atoms with van der Waals surface area (Å²) in [4.78, 5) is 19.0. The molecule has 2 aliphatic heterocycles. The second-order valence-corrected chi connectivity index (χ2v) is 9.24. The van der Waals surface area contributed by atoms with Gasteiger partial charge in [-0.1, -0.05) is 0 Å². The van der Waals surface area contributed by atoms with Crippen LogP contribution in [0.25, 0.3) is 16.7 Å².